The Morgan fingerprint density at radius 2 is 2.05 bits per heavy atom. The molecule has 21 heavy (non-hydrogen) atoms. The molecule has 1 saturated heterocycles. The van der Waals surface area contributed by atoms with Crippen molar-refractivity contribution in [3.05, 3.63) is 29.8 Å². The zero-order valence-corrected chi connectivity index (χ0v) is 12.1. The van der Waals surface area contributed by atoms with Crippen molar-refractivity contribution in [1.29, 1.82) is 0 Å². The van der Waals surface area contributed by atoms with Gasteiger partial charge in [0.25, 0.3) is 5.91 Å². The third-order valence-electron chi connectivity index (χ3n) is 3.09. The number of hydrogen-bond acceptors (Lipinski definition) is 4. The number of carboxylic acids is 1. The van der Waals surface area contributed by atoms with Crippen LogP contribution in [0.15, 0.2) is 24.3 Å². The van der Waals surface area contributed by atoms with E-state index in [0.717, 1.165) is 4.90 Å². The monoisotopic (exact) mass is 310 g/mol. The van der Waals surface area contributed by atoms with Gasteiger partial charge in [0.05, 0.1) is 11.3 Å². The molecule has 1 unspecified atom stereocenters. The number of aromatic carboxylic acids is 1. The van der Waals surface area contributed by atoms with Crippen molar-refractivity contribution in [1.82, 2.24) is 5.32 Å². The van der Waals surface area contributed by atoms with Gasteiger partial charge >= 0.3 is 12.0 Å². The van der Waals surface area contributed by atoms with E-state index in [1.807, 2.05) is 0 Å². The Kier molecular flexibility index (Phi) is 4.37. The van der Waals surface area contributed by atoms with E-state index in [1.165, 1.54) is 24.5 Å². The Labute approximate surface area is 123 Å². The number of benzene rings is 1. The molecule has 1 aromatic carbocycles. The molecule has 0 bridgehead atoms. The van der Waals surface area contributed by atoms with Crippen LogP contribution in [0.1, 0.15) is 16.8 Å². The largest absolute Gasteiger partial charge is 0.478 e. The highest BCUT2D eigenvalue weighted by Crippen LogP contribution is 2.25. The number of hydrogen-bond donors (Lipinski definition) is 2. The van der Waals surface area contributed by atoms with Crippen LogP contribution in [0.4, 0.5) is 10.5 Å². The Balaban J connectivity index is 2.29. The van der Waals surface area contributed by atoms with Crippen LogP contribution < -0.4 is 10.2 Å². The lowest BCUT2D eigenvalue weighted by atomic mass is 10.1. The molecule has 0 radical (unpaired) electrons. The summed E-state index contributed by atoms with van der Waals surface area (Å²) in [6.07, 6.45) is 1.76. The Bertz CT molecular complexity index is 631. The minimum Gasteiger partial charge on any atom is -0.478 e. The minimum atomic E-state index is -1.22. The second-order valence-electron chi connectivity index (χ2n) is 4.56. The Hall–Kier alpha value is -2.22. The zero-order valence-electron chi connectivity index (χ0n) is 11.2. The summed E-state index contributed by atoms with van der Waals surface area (Å²) in [6, 6.07) is 4.36. The molecule has 112 valence electrons. The SMILES string of the molecule is CS(=O)CC[C@@H]1NC(=O)N(c2ccccc2C(=O)O)C1=O. The first-order valence-electron chi connectivity index (χ1n) is 6.18. The summed E-state index contributed by atoms with van der Waals surface area (Å²) in [5.74, 6) is -1.46. The molecule has 1 fully saturated rings. The normalized spacial score (nSPS) is 19.5. The predicted molar refractivity (Wildman–Crippen MR) is 76.8 cm³/mol. The molecule has 2 atom stereocenters. The van der Waals surface area contributed by atoms with Crippen LogP contribution in [0.5, 0.6) is 0 Å². The van der Waals surface area contributed by atoms with Crippen LogP contribution in [0, 0.1) is 0 Å². The van der Waals surface area contributed by atoms with Gasteiger partial charge in [-0.3, -0.25) is 9.00 Å². The van der Waals surface area contributed by atoms with Gasteiger partial charge in [0.2, 0.25) is 0 Å². The molecule has 7 nitrogen and oxygen atoms in total. The summed E-state index contributed by atoms with van der Waals surface area (Å²) in [5, 5.41) is 11.6. The number of rotatable bonds is 5. The number of carbonyl (C=O) groups is 3. The molecule has 2 rings (SSSR count). The summed E-state index contributed by atoms with van der Waals surface area (Å²) >= 11 is 0. The van der Waals surface area contributed by atoms with Crippen LogP contribution in [0.3, 0.4) is 0 Å². The fourth-order valence-corrected chi connectivity index (χ4v) is 2.66. The van der Waals surface area contributed by atoms with Crippen molar-refractivity contribution >= 4 is 34.4 Å². The van der Waals surface area contributed by atoms with Crippen LogP contribution in [0.25, 0.3) is 0 Å². The first kappa shape index (κ1) is 15.2. The first-order chi connectivity index (χ1) is 9.91. The molecule has 8 heteroatoms. The van der Waals surface area contributed by atoms with Crippen molar-refractivity contribution in [3.8, 4) is 0 Å². The van der Waals surface area contributed by atoms with E-state index in [0.29, 0.717) is 0 Å². The number of para-hydroxylation sites is 1. The molecule has 1 aromatic rings. The van der Waals surface area contributed by atoms with Gasteiger partial charge in [-0.25, -0.2) is 14.5 Å². The zero-order chi connectivity index (χ0) is 15.6. The second kappa shape index (κ2) is 6.04. The van der Waals surface area contributed by atoms with Crippen LogP contribution >= 0.6 is 0 Å². The third kappa shape index (κ3) is 3.10. The van der Waals surface area contributed by atoms with Gasteiger partial charge in [-0.15, -0.1) is 0 Å². The fraction of sp³-hybridized carbons (Fsp3) is 0.308. The van der Waals surface area contributed by atoms with Gasteiger partial charge in [-0.05, 0) is 18.6 Å². The molecule has 0 aliphatic carbocycles. The third-order valence-corrected chi connectivity index (χ3v) is 3.90. The van der Waals surface area contributed by atoms with Gasteiger partial charge in [-0.1, -0.05) is 12.1 Å². The van der Waals surface area contributed by atoms with Crippen molar-refractivity contribution in [3.63, 3.8) is 0 Å². The molecule has 1 aliphatic rings. The molecule has 2 N–H and O–H groups in total. The highest BCUT2D eigenvalue weighted by atomic mass is 32.2. The fourth-order valence-electron chi connectivity index (χ4n) is 2.09. The quantitative estimate of drug-likeness (QED) is 0.774. The summed E-state index contributed by atoms with van der Waals surface area (Å²) in [5.41, 5.74) is -0.0895. The first-order valence-corrected chi connectivity index (χ1v) is 7.91. The summed E-state index contributed by atoms with van der Waals surface area (Å²) in [6.45, 7) is 0. The molecule has 1 heterocycles. The molecule has 3 amide bonds. The molecular formula is C13H14N2O5S. The number of urea groups is 1. The van der Waals surface area contributed by atoms with Crippen LogP contribution in [0.2, 0.25) is 0 Å². The van der Waals surface area contributed by atoms with Crippen LogP contribution in [-0.2, 0) is 15.6 Å². The van der Waals surface area contributed by atoms with Gasteiger partial charge in [0, 0.05) is 22.8 Å². The highest BCUT2D eigenvalue weighted by Gasteiger charge is 2.40. The number of nitrogens with one attached hydrogen (secondary N) is 1. The maximum Gasteiger partial charge on any atom is 0.337 e. The van der Waals surface area contributed by atoms with E-state index in [1.54, 1.807) is 6.07 Å². The average molecular weight is 310 g/mol. The Morgan fingerprint density at radius 3 is 2.67 bits per heavy atom. The van der Waals surface area contributed by atoms with Gasteiger partial charge in [0.15, 0.2) is 0 Å². The van der Waals surface area contributed by atoms with E-state index in [2.05, 4.69) is 5.32 Å². The number of imide groups is 1. The second-order valence-corrected chi connectivity index (χ2v) is 6.12. The lowest BCUT2D eigenvalue weighted by Crippen LogP contribution is -2.33. The van der Waals surface area contributed by atoms with Crippen LogP contribution in [-0.4, -0.2) is 45.3 Å². The lowest BCUT2D eigenvalue weighted by molar-refractivity contribution is -0.118. The average Bonchev–Trinajstić information content (AvgIpc) is 2.71. The molecule has 0 aromatic heterocycles. The number of carboxylic acid groups (broad SMARTS) is 1. The van der Waals surface area contributed by atoms with E-state index in [-0.39, 0.29) is 23.4 Å². The van der Waals surface area contributed by atoms with Crippen molar-refractivity contribution < 1.29 is 23.7 Å². The maximum atomic E-state index is 12.3. The molecule has 1 aliphatic heterocycles. The summed E-state index contributed by atoms with van der Waals surface area (Å²) in [7, 11) is -1.07. The highest BCUT2D eigenvalue weighted by molar-refractivity contribution is 7.84. The smallest absolute Gasteiger partial charge is 0.337 e. The number of anilines is 1. The van der Waals surface area contributed by atoms with E-state index in [9.17, 15) is 18.6 Å². The number of nitrogens with zero attached hydrogens (tertiary/aromatic N) is 1. The van der Waals surface area contributed by atoms with Gasteiger partial charge in [0.1, 0.15) is 6.04 Å². The van der Waals surface area contributed by atoms with Crippen molar-refractivity contribution in [2.75, 3.05) is 16.9 Å². The Morgan fingerprint density at radius 1 is 1.38 bits per heavy atom. The molecule has 0 spiro atoms. The lowest BCUT2D eigenvalue weighted by Gasteiger charge is -2.15. The molecular weight excluding hydrogens is 296 g/mol. The van der Waals surface area contributed by atoms with Crippen molar-refractivity contribution in [2.24, 2.45) is 0 Å². The maximum absolute atomic E-state index is 12.3. The summed E-state index contributed by atoms with van der Waals surface area (Å²) in [4.78, 5) is 36.2. The molecule has 0 saturated carbocycles. The standard InChI is InChI=1S/C13H14N2O5S/c1-21(20)7-6-9-11(16)15(13(19)14-9)10-5-3-2-4-8(10)12(17)18/h2-5,9H,6-7H2,1H3,(H,14,19)(H,17,18)/t9-,21?/m0/s1. The van der Waals surface area contributed by atoms with Gasteiger partial charge in [-0.2, -0.15) is 0 Å². The van der Waals surface area contributed by atoms with Crippen molar-refractivity contribution in [2.45, 2.75) is 12.5 Å². The van der Waals surface area contributed by atoms with E-state index in [4.69, 9.17) is 5.11 Å². The predicted octanol–water partition coefficient (Wildman–Crippen LogP) is 0.578. The minimum absolute atomic E-state index is 0.0348. The number of carbonyl (C=O) groups excluding carboxylic acids is 2. The van der Waals surface area contributed by atoms with E-state index < -0.39 is 34.7 Å². The summed E-state index contributed by atoms with van der Waals surface area (Å²) < 4.78 is 11.1. The van der Waals surface area contributed by atoms with E-state index >= 15 is 0 Å². The number of amides is 3. The topological polar surface area (TPSA) is 104 Å². The van der Waals surface area contributed by atoms with Gasteiger partial charge < -0.3 is 10.4 Å².